The molecule has 11 heteroatoms. The van der Waals surface area contributed by atoms with Crippen LogP contribution in [0, 0.1) is 5.82 Å². The van der Waals surface area contributed by atoms with Gasteiger partial charge < -0.3 is 16.4 Å². The van der Waals surface area contributed by atoms with Crippen LogP contribution >= 0.6 is 0 Å². The van der Waals surface area contributed by atoms with Gasteiger partial charge in [-0.15, -0.1) is 0 Å². The lowest BCUT2D eigenvalue weighted by atomic mass is 10.1. The van der Waals surface area contributed by atoms with Gasteiger partial charge in [-0.05, 0) is 24.1 Å². The summed E-state index contributed by atoms with van der Waals surface area (Å²) in [5.41, 5.74) is 4.39. The second-order valence-corrected chi connectivity index (χ2v) is 8.01. The Balaban J connectivity index is 1.97. The molecule has 10 nitrogen and oxygen atoms in total. The lowest BCUT2D eigenvalue weighted by molar-refractivity contribution is -0.128. The van der Waals surface area contributed by atoms with Gasteiger partial charge in [-0.1, -0.05) is 44.7 Å². The minimum atomic E-state index is -1.11. The number of anilines is 1. The van der Waals surface area contributed by atoms with Crippen LogP contribution in [0.15, 0.2) is 40.1 Å². The van der Waals surface area contributed by atoms with E-state index in [1.807, 2.05) is 4.98 Å². The van der Waals surface area contributed by atoms with E-state index in [-0.39, 0.29) is 25.3 Å². The van der Waals surface area contributed by atoms with Crippen LogP contribution in [0.1, 0.15) is 57.4 Å². The molecule has 0 spiro atoms. The molecule has 184 valence electrons. The molecule has 2 aromatic rings. The van der Waals surface area contributed by atoms with Crippen molar-refractivity contribution in [2.45, 2.75) is 64.5 Å². The van der Waals surface area contributed by atoms with E-state index >= 15 is 0 Å². The van der Waals surface area contributed by atoms with Crippen LogP contribution in [0.25, 0.3) is 0 Å². The fraction of sp³-hybridized carbons (Fsp3) is 0.435. The van der Waals surface area contributed by atoms with Crippen molar-refractivity contribution in [2.75, 3.05) is 5.32 Å². The van der Waals surface area contributed by atoms with Crippen molar-refractivity contribution in [3.05, 3.63) is 62.7 Å². The highest BCUT2D eigenvalue weighted by Gasteiger charge is 2.23. The summed E-state index contributed by atoms with van der Waals surface area (Å²) < 4.78 is 14.4. The van der Waals surface area contributed by atoms with E-state index < -0.39 is 34.9 Å². The summed E-state index contributed by atoms with van der Waals surface area (Å²) in [4.78, 5) is 61.0. The van der Waals surface area contributed by atoms with Crippen molar-refractivity contribution >= 4 is 23.4 Å². The minimum absolute atomic E-state index is 0.000621. The number of aromatic amines is 1. The van der Waals surface area contributed by atoms with E-state index in [9.17, 15) is 28.4 Å². The number of nitrogens with one attached hydrogen (secondary N) is 3. The summed E-state index contributed by atoms with van der Waals surface area (Å²) >= 11 is 0. The number of hydrogen-bond donors (Lipinski definition) is 4. The third-order valence-electron chi connectivity index (χ3n) is 5.11. The zero-order valence-corrected chi connectivity index (χ0v) is 19.1. The lowest BCUT2D eigenvalue weighted by Crippen LogP contribution is -2.46. The molecule has 0 bridgehead atoms. The Morgan fingerprint density at radius 2 is 1.76 bits per heavy atom. The number of nitrogens with zero attached hydrogens (tertiary/aromatic N) is 1. The van der Waals surface area contributed by atoms with Crippen LogP contribution in [0.5, 0.6) is 0 Å². The molecule has 1 aromatic heterocycles. The van der Waals surface area contributed by atoms with E-state index in [1.54, 1.807) is 24.3 Å². The number of rotatable bonds is 13. The number of primary amides is 1. The second kappa shape index (κ2) is 13.1. The fourth-order valence-corrected chi connectivity index (χ4v) is 3.29. The van der Waals surface area contributed by atoms with E-state index in [0.717, 1.165) is 36.4 Å². The van der Waals surface area contributed by atoms with Gasteiger partial charge in [0.05, 0.1) is 19.2 Å². The number of aromatic nitrogens is 2. The molecule has 0 aliphatic heterocycles. The first-order chi connectivity index (χ1) is 16.2. The fourth-order valence-electron chi connectivity index (χ4n) is 3.29. The van der Waals surface area contributed by atoms with E-state index in [0.29, 0.717) is 17.7 Å². The summed E-state index contributed by atoms with van der Waals surface area (Å²) in [5, 5.41) is 5.18. The van der Waals surface area contributed by atoms with Gasteiger partial charge in [-0.3, -0.25) is 28.7 Å². The van der Waals surface area contributed by atoms with Crippen LogP contribution < -0.4 is 27.6 Å². The molecular formula is C23H30FN5O5. The van der Waals surface area contributed by atoms with Crippen LogP contribution in [0.4, 0.5) is 10.1 Å². The van der Waals surface area contributed by atoms with Gasteiger partial charge in [0.25, 0.3) is 5.56 Å². The average molecular weight is 476 g/mol. The van der Waals surface area contributed by atoms with Crippen molar-refractivity contribution in [2.24, 2.45) is 5.73 Å². The van der Waals surface area contributed by atoms with E-state index in [2.05, 4.69) is 17.6 Å². The molecular weight excluding hydrogens is 445 g/mol. The molecule has 34 heavy (non-hydrogen) atoms. The maximum absolute atomic E-state index is 13.4. The van der Waals surface area contributed by atoms with Crippen LogP contribution in [0.2, 0.25) is 0 Å². The third-order valence-corrected chi connectivity index (χ3v) is 5.11. The molecule has 0 saturated heterocycles. The molecule has 3 amide bonds. The van der Waals surface area contributed by atoms with Crippen molar-refractivity contribution in [3.63, 3.8) is 0 Å². The minimum Gasteiger partial charge on any atom is -0.370 e. The third kappa shape index (κ3) is 8.64. The number of unbranched alkanes of at least 4 members (excludes halogenated alkanes) is 4. The van der Waals surface area contributed by atoms with Crippen LogP contribution in [-0.4, -0.2) is 33.3 Å². The summed E-state index contributed by atoms with van der Waals surface area (Å²) in [7, 11) is 0. The number of carbonyl (C=O) groups is 3. The summed E-state index contributed by atoms with van der Waals surface area (Å²) in [6, 6.07) is 5.20. The maximum atomic E-state index is 13.4. The molecule has 0 aliphatic carbocycles. The predicted octanol–water partition coefficient (Wildman–Crippen LogP) is 1.38. The summed E-state index contributed by atoms with van der Waals surface area (Å²) in [5.74, 6) is -2.72. The molecule has 0 unspecified atom stereocenters. The molecule has 1 heterocycles. The first kappa shape index (κ1) is 26.5. The Hall–Kier alpha value is -3.76. The molecule has 1 aromatic carbocycles. The maximum Gasteiger partial charge on any atom is 0.328 e. The standard InChI is InChI=1S/C23H30FN5O5/c1-2-3-4-5-6-7-20(31)27-18(12-19(25)30)22(33)26-16-10-8-15(9-11-16)13-29-14-17(24)21(32)28-23(29)34/h8-11,14,18H,2-7,12-13H2,1H3,(H2,25,30)(H,26,33)(H,27,31)(H,28,32,34)/t18-/m1/s1. The first-order valence-electron chi connectivity index (χ1n) is 11.2. The quantitative estimate of drug-likeness (QED) is 0.322. The number of amides is 3. The van der Waals surface area contributed by atoms with Crippen molar-refractivity contribution in [1.29, 1.82) is 0 Å². The molecule has 0 radical (unpaired) electrons. The SMILES string of the molecule is CCCCCCCC(=O)N[C@H](CC(N)=O)C(=O)Nc1ccc(Cn2cc(F)c(=O)[nH]c2=O)cc1. The van der Waals surface area contributed by atoms with Gasteiger partial charge in [0.2, 0.25) is 23.5 Å². The number of hydrogen-bond acceptors (Lipinski definition) is 5. The van der Waals surface area contributed by atoms with E-state index in [4.69, 9.17) is 5.73 Å². The monoisotopic (exact) mass is 475 g/mol. The van der Waals surface area contributed by atoms with Crippen molar-refractivity contribution in [1.82, 2.24) is 14.9 Å². The number of nitrogens with two attached hydrogens (primary N) is 1. The zero-order chi connectivity index (χ0) is 25.1. The number of carbonyl (C=O) groups excluding carboxylic acids is 3. The number of benzene rings is 1. The van der Waals surface area contributed by atoms with Gasteiger partial charge >= 0.3 is 5.69 Å². The Bertz CT molecular complexity index is 1110. The first-order valence-corrected chi connectivity index (χ1v) is 11.2. The molecule has 0 saturated carbocycles. The highest BCUT2D eigenvalue weighted by Crippen LogP contribution is 2.12. The zero-order valence-electron chi connectivity index (χ0n) is 19.1. The topological polar surface area (TPSA) is 156 Å². The number of H-pyrrole nitrogens is 1. The van der Waals surface area contributed by atoms with E-state index in [1.165, 1.54) is 0 Å². The Labute approximate surface area is 195 Å². The van der Waals surface area contributed by atoms with Crippen LogP contribution in [-0.2, 0) is 20.9 Å². The number of halogens is 1. The molecule has 2 rings (SSSR count). The Kier molecular flexibility index (Phi) is 10.2. The molecule has 1 atom stereocenters. The van der Waals surface area contributed by atoms with Gasteiger partial charge in [0, 0.05) is 12.1 Å². The van der Waals surface area contributed by atoms with Gasteiger partial charge in [-0.2, -0.15) is 4.39 Å². The molecule has 0 aliphatic rings. The van der Waals surface area contributed by atoms with Gasteiger partial charge in [0.15, 0.2) is 0 Å². The van der Waals surface area contributed by atoms with Crippen molar-refractivity contribution < 1.29 is 18.8 Å². The highest BCUT2D eigenvalue weighted by atomic mass is 19.1. The summed E-state index contributed by atoms with van der Waals surface area (Å²) in [6.07, 6.45) is 5.58. The van der Waals surface area contributed by atoms with Crippen molar-refractivity contribution in [3.8, 4) is 0 Å². The van der Waals surface area contributed by atoms with Gasteiger partial charge in [0.1, 0.15) is 6.04 Å². The normalized spacial score (nSPS) is 11.6. The smallest absolute Gasteiger partial charge is 0.328 e. The Morgan fingerprint density at radius 1 is 1.09 bits per heavy atom. The lowest BCUT2D eigenvalue weighted by Gasteiger charge is -2.17. The molecule has 5 N–H and O–H groups in total. The van der Waals surface area contributed by atoms with Gasteiger partial charge in [-0.25, -0.2) is 4.79 Å². The molecule has 0 fully saturated rings. The second-order valence-electron chi connectivity index (χ2n) is 8.01. The van der Waals surface area contributed by atoms with Crippen LogP contribution in [0.3, 0.4) is 0 Å². The largest absolute Gasteiger partial charge is 0.370 e. The summed E-state index contributed by atoms with van der Waals surface area (Å²) in [6.45, 7) is 2.10. The highest BCUT2D eigenvalue weighted by molar-refractivity contribution is 5.99. The predicted molar refractivity (Wildman–Crippen MR) is 125 cm³/mol. The Morgan fingerprint density at radius 3 is 2.41 bits per heavy atom. The average Bonchev–Trinajstić information content (AvgIpc) is 2.78.